The topological polar surface area (TPSA) is 64.6 Å². The number of sulfone groups is 1. The molecule has 1 atom stereocenters. The highest BCUT2D eigenvalue weighted by Crippen LogP contribution is 2.38. The van der Waals surface area contributed by atoms with Crippen LogP contribution in [-0.2, 0) is 21.1 Å². The van der Waals surface area contributed by atoms with Gasteiger partial charge in [0.25, 0.3) is 0 Å². The van der Waals surface area contributed by atoms with E-state index in [4.69, 9.17) is 32.7 Å². The van der Waals surface area contributed by atoms with E-state index in [1.165, 1.54) is 6.07 Å². The molecule has 1 saturated heterocycles. The molecular formula is C19H18Cl2F3NO4S. The number of ether oxygens (including phenoxy) is 2. The lowest BCUT2D eigenvalue weighted by atomic mass is 10.1. The first-order valence-electron chi connectivity index (χ1n) is 8.94. The number of hydrogen-bond acceptors (Lipinski definition) is 5. The standard InChI is InChI=1S/C19H18Cl2F3NO4S/c20-12-5-13(22)7-14(6-12)29-16-1-2-17(30(26,27)19(23)24)15(18(16)21)9-25-8-11-3-4-28-10-11/h1-2,5-7,11,19,25H,3-4,8-10H2. The molecule has 0 radical (unpaired) electrons. The molecule has 1 unspecified atom stereocenters. The summed E-state index contributed by atoms with van der Waals surface area (Å²) in [6.07, 6.45) is 0.840. The number of hydrogen-bond donors (Lipinski definition) is 1. The first-order valence-corrected chi connectivity index (χ1v) is 11.2. The van der Waals surface area contributed by atoms with Gasteiger partial charge in [0.15, 0.2) is 0 Å². The van der Waals surface area contributed by atoms with Gasteiger partial charge >= 0.3 is 5.76 Å². The molecule has 1 aliphatic heterocycles. The third-order valence-electron chi connectivity index (χ3n) is 4.53. The number of halogens is 5. The fraction of sp³-hybridized carbons (Fsp3) is 0.368. The summed E-state index contributed by atoms with van der Waals surface area (Å²) in [5.74, 6) is -4.02. The zero-order valence-corrected chi connectivity index (χ0v) is 17.8. The molecule has 0 aliphatic carbocycles. The van der Waals surface area contributed by atoms with Gasteiger partial charge < -0.3 is 14.8 Å². The van der Waals surface area contributed by atoms with E-state index in [1.54, 1.807) is 0 Å². The Morgan fingerprint density at radius 1 is 1.23 bits per heavy atom. The quantitative estimate of drug-likeness (QED) is 0.569. The van der Waals surface area contributed by atoms with Crippen molar-refractivity contribution in [3.63, 3.8) is 0 Å². The summed E-state index contributed by atoms with van der Waals surface area (Å²) in [5, 5.41) is 2.94. The molecule has 3 rings (SSSR count). The van der Waals surface area contributed by atoms with Crippen molar-refractivity contribution in [2.24, 2.45) is 5.92 Å². The molecule has 5 nitrogen and oxygen atoms in total. The second kappa shape index (κ2) is 9.74. The Bertz CT molecular complexity index is 995. The molecule has 11 heteroatoms. The van der Waals surface area contributed by atoms with Gasteiger partial charge in [0, 0.05) is 36.3 Å². The zero-order chi connectivity index (χ0) is 21.9. The summed E-state index contributed by atoms with van der Waals surface area (Å²) in [7, 11) is -4.90. The molecule has 1 N–H and O–H groups in total. The largest absolute Gasteiger partial charge is 0.456 e. The third kappa shape index (κ3) is 5.39. The average Bonchev–Trinajstić information content (AvgIpc) is 3.17. The van der Waals surface area contributed by atoms with Crippen molar-refractivity contribution in [1.82, 2.24) is 5.32 Å². The van der Waals surface area contributed by atoms with E-state index in [-0.39, 0.29) is 39.6 Å². The van der Waals surface area contributed by atoms with Gasteiger partial charge in [-0.3, -0.25) is 0 Å². The van der Waals surface area contributed by atoms with Gasteiger partial charge in [0.1, 0.15) is 17.3 Å². The maximum Gasteiger partial charge on any atom is 0.341 e. The molecule has 1 heterocycles. The Kier molecular flexibility index (Phi) is 7.52. The summed E-state index contributed by atoms with van der Waals surface area (Å²) < 4.78 is 74.9. The van der Waals surface area contributed by atoms with Crippen molar-refractivity contribution in [2.45, 2.75) is 23.6 Å². The Morgan fingerprint density at radius 3 is 2.63 bits per heavy atom. The summed E-state index contributed by atoms with van der Waals surface area (Å²) >= 11 is 12.1. The third-order valence-corrected chi connectivity index (χ3v) is 6.63. The van der Waals surface area contributed by atoms with Crippen LogP contribution in [0.25, 0.3) is 0 Å². The van der Waals surface area contributed by atoms with E-state index in [0.717, 1.165) is 30.7 Å². The first kappa shape index (κ1) is 23.1. The number of benzene rings is 2. The van der Waals surface area contributed by atoms with Crippen LogP contribution in [-0.4, -0.2) is 33.9 Å². The number of alkyl halides is 2. The van der Waals surface area contributed by atoms with Gasteiger partial charge in [-0.2, -0.15) is 8.78 Å². The molecule has 2 aromatic rings. The average molecular weight is 484 g/mol. The molecule has 0 bridgehead atoms. The summed E-state index contributed by atoms with van der Waals surface area (Å²) in [5.41, 5.74) is -0.0594. The smallest absolute Gasteiger partial charge is 0.341 e. The van der Waals surface area contributed by atoms with Gasteiger partial charge in [0.05, 0.1) is 16.5 Å². The lowest BCUT2D eigenvalue weighted by Crippen LogP contribution is -2.24. The van der Waals surface area contributed by atoms with Crippen LogP contribution in [0.4, 0.5) is 13.2 Å². The van der Waals surface area contributed by atoms with Gasteiger partial charge in [-0.1, -0.05) is 23.2 Å². The van der Waals surface area contributed by atoms with Crippen molar-refractivity contribution in [3.05, 3.63) is 51.8 Å². The lowest BCUT2D eigenvalue weighted by Gasteiger charge is -2.17. The van der Waals surface area contributed by atoms with Gasteiger partial charge in [-0.05, 0) is 36.6 Å². The van der Waals surface area contributed by atoms with Gasteiger partial charge in [-0.25, -0.2) is 12.8 Å². The number of rotatable bonds is 8. The summed E-state index contributed by atoms with van der Waals surface area (Å²) in [6, 6.07) is 5.62. The Balaban J connectivity index is 1.92. The van der Waals surface area contributed by atoms with Crippen molar-refractivity contribution in [2.75, 3.05) is 19.8 Å². The van der Waals surface area contributed by atoms with Crippen molar-refractivity contribution < 1.29 is 31.1 Å². The van der Waals surface area contributed by atoms with Crippen LogP contribution in [0, 0.1) is 11.7 Å². The van der Waals surface area contributed by atoms with Crippen molar-refractivity contribution >= 4 is 33.0 Å². The molecule has 30 heavy (non-hydrogen) atoms. The SMILES string of the molecule is O=S(=O)(c1ccc(Oc2cc(F)cc(Cl)c2)c(Cl)c1CNCC1CCOC1)C(F)F. The first-order chi connectivity index (χ1) is 14.2. The van der Waals surface area contributed by atoms with E-state index in [1.807, 2.05) is 0 Å². The second-order valence-corrected chi connectivity index (χ2v) is 9.43. The van der Waals surface area contributed by atoms with Crippen molar-refractivity contribution in [3.8, 4) is 11.5 Å². The van der Waals surface area contributed by atoms with Crippen molar-refractivity contribution in [1.29, 1.82) is 0 Å². The monoisotopic (exact) mass is 483 g/mol. The highest BCUT2D eigenvalue weighted by molar-refractivity contribution is 7.91. The van der Waals surface area contributed by atoms with E-state index >= 15 is 0 Å². The molecule has 0 amide bonds. The molecule has 0 saturated carbocycles. The van der Waals surface area contributed by atoms with Crippen LogP contribution in [0.2, 0.25) is 10.0 Å². The zero-order valence-electron chi connectivity index (χ0n) is 15.5. The molecule has 0 spiro atoms. The van der Waals surface area contributed by atoms with Gasteiger partial charge in [-0.15, -0.1) is 0 Å². The Hall–Kier alpha value is -1.52. The van der Waals surface area contributed by atoms with Crippen LogP contribution < -0.4 is 10.1 Å². The molecule has 1 fully saturated rings. The highest BCUT2D eigenvalue weighted by Gasteiger charge is 2.31. The van der Waals surface area contributed by atoms with Crippen LogP contribution in [0.15, 0.2) is 35.2 Å². The molecule has 2 aromatic carbocycles. The predicted octanol–water partition coefficient (Wildman–Crippen LogP) is 5.05. The number of nitrogens with one attached hydrogen (secondary N) is 1. The fourth-order valence-electron chi connectivity index (χ4n) is 3.05. The molecule has 1 aliphatic rings. The minimum absolute atomic E-state index is 0.0208. The normalized spacial score (nSPS) is 16.9. The molecule has 164 valence electrons. The fourth-order valence-corrected chi connectivity index (χ4v) is 4.55. The molecular weight excluding hydrogens is 466 g/mol. The second-order valence-electron chi connectivity index (χ2n) is 6.73. The van der Waals surface area contributed by atoms with E-state index in [2.05, 4.69) is 5.32 Å². The minimum Gasteiger partial charge on any atom is -0.456 e. The maximum absolute atomic E-state index is 13.6. The van der Waals surface area contributed by atoms with Crippen LogP contribution >= 0.6 is 23.2 Å². The summed E-state index contributed by atoms with van der Waals surface area (Å²) in [4.78, 5) is -0.595. The molecule has 0 aromatic heterocycles. The van der Waals surface area contributed by atoms with E-state index in [0.29, 0.717) is 19.8 Å². The van der Waals surface area contributed by atoms with Crippen LogP contribution in [0.5, 0.6) is 11.5 Å². The maximum atomic E-state index is 13.6. The van der Waals surface area contributed by atoms with Crippen LogP contribution in [0.1, 0.15) is 12.0 Å². The van der Waals surface area contributed by atoms with Gasteiger partial charge in [0.2, 0.25) is 9.84 Å². The minimum atomic E-state index is -4.90. The van der Waals surface area contributed by atoms with E-state index < -0.39 is 26.3 Å². The Morgan fingerprint density at radius 2 is 2.00 bits per heavy atom. The highest BCUT2D eigenvalue weighted by atomic mass is 35.5. The van der Waals surface area contributed by atoms with Crippen LogP contribution in [0.3, 0.4) is 0 Å². The van der Waals surface area contributed by atoms with E-state index in [9.17, 15) is 21.6 Å². The summed E-state index contributed by atoms with van der Waals surface area (Å²) in [6.45, 7) is 1.61. The lowest BCUT2D eigenvalue weighted by molar-refractivity contribution is 0.185. The predicted molar refractivity (Wildman–Crippen MR) is 107 cm³/mol. The Labute approximate surface area is 182 Å².